The molecular weight excluding hydrogens is 272 g/mol. The summed E-state index contributed by atoms with van der Waals surface area (Å²) in [6.45, 7) is 0. The molecule has 1 aromatic rings. The quantitative estimate of drug-likeness (QED) is 0.882. The van der Waals surface area contributed by atoms with Crippen LogP contribution in [0.15, 0.2) is 23.1 Å². The number of aromatic nitrogens is 1. The first kappa shape index (κ1) is 15.3. The van der Waals surface area contributed by atoms with E-state index in [1.54, 1.807) is 11.9 Å². The Bertz CT molecular complexity index is 567. The average Bonchev–Trinajstić information content (AvgIpc) is 2.47. The molecule has 1 aliphatic carbocycles. The fourth-order valence-corrected chi connectivity index (χ4v) is 3.07. The van der Waals surface area contributed by atoms with Crippen LogP contribution < -0.4 is 5.56 Å². The first-order valence-corrected chi connectivity index (χ1v) is 7.13. The zero-order valence-corrected chi connectivity index (χ0v) is 12.1. The molecule has 1 saturated carbocycles. The van der Waals surface area contributed by atoms with Crippen LogP contribution in [0.4, 0.5) is 0 Å². The van der Waals surface area contributed by atoms with Gasteiger partial charge in [-0.3, -0.25) is 14.4 Å². The number of aliphatic carboxylic acids is 1. The minimum Gasteiger partial charge on any atom is -0.481 e. The molecule has 6 heteroatoms. The van der Waals surface area contributed by atoms with E-state index in [1.165, 1.54) is 18.3 Å². The van der Waals surface area contributed by atoms with Gasteiger partial charge in [-0.05, 0) is 18.9 Å². The molecule has 0 bridgehead atoms. The zero-order chi connectivity index (χ0) is 15.5. The fourth-order valence-electron chi connectivity index (χ4n) is 3.07. The van der Waals surface area contributed by atoms with Crippen molar-refractivity contribution in [2.24, 2.45) is 0 Å². The molecule has 0 atom stereocenters. The van der Waals surface area contributed by atoms with E-state index in [9.17, 15) is 19.5 Å². The number of hydrogen-bond donors (Lipinski definition) is 2. The Morgan fingerprint density at radius 1 is 1.29 bits per heavy atom. The molecular formula is C15H20N2O4. The Morgan fingerprint density at radius 2 is 1.95 bits per heavy atom. The van der Waals surface area contributed by atoms with Gasteiger partial charge in [-0.2, -0.15) is 0 Å². The number of carboxylic acids is 1. The van der Waals surface area contributed by atoms with Gasteiger partial charge in [0.2, 0.25) is 5.56 Å². The topological polar surface area (TPSA) is 90.5 Å². The highest BCUT2D eigenvalue weighted by Crippen LogP contribution is 2.36. The monoisotopic (exact) mass is 292 g/mol. The number of hydrogen-bond acceptors (Lipinski definition) is 3. The number of carbonyl (C=O) groups is 2. The van der Waals surface area contributed by atoms with Crippen molar-refractivity contribution in [3.63, 3.8) is 0 Å². The predicted molar refractivity (Wildman–Crippen MR) is 77.2 cm³/mol. The summed E-state index contributed by atoms with van der Waals surface area (Å²) in [4.78, 5) is 38.8. The van der Waals surface area contributed by atoms with E-state index in [4.69, 9.17) is 0 Å². The largest absolute Gasteiger partial charge is 0.481 e. The van der Waals surface area contributed by atoms with Gasteiger partial charge in [0.05, 0.1) is 17.5 Å². The number of amides is 1. The van der Waals surface area contributed by atoms with Crippen molar-refractivity contribution >= 4 is 11.9 Å². The maximum absolute atomic E-state index is 12.6. The van der Waals surface area contributed by atoms with Crippen molar-refractivity contribution < 1.29 is 14.7 Å². The fraction of sp³-hybridized carbons (Fsp3) is 0.533. The number of rotatable bonds is 4. The second kappa shape index (κ2) is 6.11. The first-order valence-electron chi connectivity index (χ1n) is 7.13. The Balaban J connectivity index is 2.26. The smallest absolute Gasteiger partial charge is 0.305 e. The summed E-state index contributed by atoms with van der Waals surface area (Å²) in [5.74, 6) is -1.15. The van der Waals surface area contributed by atoms with Gasteiger partial charge in [0.1, 0.15) is 0 Å². The van der Waals surface area contributed by atoms with E-state index < -0.39 is 11.5 Å². The average molecular weight is 292 g/mol. The van der Waals surface area contributed by atoms with Crippen LogP contribution in [0.2, 0.25) is 0 Å². The van der Waals surface area contributed by atoms with Crippen LogP contribution in [0.1, 0.15) is 48.9 Å². The molecule has 1 amide bonds. The zero-order valence-electron chi connectivity index (χ0n) is 12.1. The second-order valence-electron chi connectivity index (χ2n) is 5.66. The molecule has 0 radical (unpaired) electrons. The van der Waals surface area contributed by atoms with Crippen LogP contribution in [0.3, 0.4) is 0 Å². The Kier molecular flexibility index (Phi) is 4.45. The molecule has 0 aromatic carbocycles. The van der Waals surface area contributed by atoms with E-state index in [0.717, 1.165) is 19.3 Å². The van der Waals surface area contributed by atoms with Gasteiger partial charge < -0.3 is 15.0 Å². The highest BCUT2D eigenvalue weighted by Gasteiger charge is 2.40. The van der Waals surface area contributed by atoms with Crippen LogP contribution >= 0.6 is 0 Å². The lowest BCUT2D eigenvalue weighted by Gasteiger charge is -2.43. The number of carboxylic acid groups (broad SMARTS) is 1. The molecule has 21 heavy (non-hydrogen) atoms. The maximum Gasteiger partial charge on any atom is 0.305 e. The van der Waals surface area contributed by atoms with Gasteiger partial charge in [0.25, 0.3) is 5.91 Å². The summed E-state index contributed by atoms with van der Waals surface area (Å²) >= 11 is 0. The molecule has 1 aromatic heterocycles. The van der Waals surface area contributed by atoms with Crippen molar-refractivity contribution in [1.82, 2.24) is 9.88 Å². The number of nitrogens with one attached hydrogen (secondary N) is 1. The molecule has 6 nitrogen and oxygen atoms in total. The standard InChI is InChI=1S/C15H20N2O4/c1-17(14(21)11-5-6-12(18)16-10-11)15(9-13(19)20)7-3-2-4-8-15/h5-6,10H,2-4,7-9H2,1H3,(H,16,18)(H,19,20). The lowest BCUT2D eigenvalue weighted by molar-refractivity contribution is -0.140. The lowest BCUT2D eigenvalue weighted by atomic mass is 9.78. The van der Waals surface area contributed by atoms with E-state index >= 15 is 0 Å². The summed E-state index contributed by atoms with van der Waals surface area (Å²) < 4.78 is 0. The summed E-state index contributed by atoms with van der Waals surface area (Å²) in [7, 11) is 1.65. The first-order chi connectivity index (χ1) is 9.94. The third-order valence-corrected chi connectivity index (χ3v) is 4.31. The van der Waals surface area contributed by atoms with Crippen molar-refractivity contribution in [1.29, 1.82) is 0 Å². The minimum absolute atomic E-state index is 0.0431. The normalized spacial score (nSPS) is 17.2. The number of aromatic amines is 1. The molecule has 0 aliphatic heterocycles. The van der Waals surface area contributed by atoms with Gasteiger partial charge in [-0.1, -0.05) is 19.3 Å². The van der Waals surface area contributed by atoms with Crippen LogP contribution in [-0.4, -0.2) is 39.5 Å². The molecule has 1 fully saturated rings. The van der Waals surface area contributed by atoms with Crippen LogP contribution in [0.25, 0.3) is 0 Å². The molecule has 2 rings (SSSR count). The molecule has 2 N–H and O–H groups in total. The molecule has 0 spiro atoms. The Morgan fingerprint density at radius 3 is 2.48 bits per heavy atom. The highest BCUT2D eigenvalue weighted by atomic mass is 16.4. The van der Waals surface area contributed by atoms with E-state index in [0.29, 0.717) is 18.4 Å². The van der Waals surface area contributed by atoms with E-state index in [1.807, 2.05) is 0 Å². The van der Waals surface area contributed by atoms with Crippen LogP contribution in [0.5, 0.6) is 0 Å². The van der Waals surface area contributed by atoms with Crippen molar-refractivity contribution in [3.05, 3.63) is 34.2 Å². The number of nitrogens with zero attached hydrogens (tertiary/aromatic N) is 1. The maximum atomic E-state index is 12.6. The lowest BCUT2D eigenvalue weighted by Crippen LogP contribution is -2.52. The molecule has 1 heterocycles. The molecule has 114 valence electrons. The minimum atomic E-state index is -0.891. The summed E-state index contributed by atoms with van der Waals surface area (Å²) in [6.07, 6.45) is 5.65. The van der Waals surface area contributed by atoms with E-state index in [2.05, 4.69) is 4.98 Å². The van der Waals surface area contributed by atoms with Crippen LogP contribution in [-0.2, 0) is 4.79 Å². The Labute approximate surface area is 122 Å². The highest BCUT2D eigenvalue weighted by molar-refractivity contribution is 5.94. The van der Waals surface area contributed by atoms with Gasteiger partial charge in [-0.25, -0.2) is 0 Å². The van der Waals surface area contributed by atoms with Gasteiger partial charge >= 0.3 is 5.97 Å². The van der Waals surface area contributed by atoms with Crippen molar-refractivity contribution in [3.8, 4) is 0 Å². The SMILES string of the molecule is CN(C(=O)c1ccc(=O)[nH]c1)C1(CC(=O)O)CCCCC1. The Hall–Kier alpha value is -2.11. The van der Waals surface area contributed by atoms with Crippen molar-refractivity contribution in [2.45, 2.75) is 44.1 Å². The third-order valence-electron chi connectivity index (χ3n) is 4.31. The number of H-pyrrole nitrogens is 1. The van der Waals surface area contributed by atoms with Crippen molar-refractivity contribution in [2.75, 3.05) is 7.05 Å². The van der Waals surface area contributed by atoms with Gasteiger partial charge in [0, 0.05) is 19.3 Å². The van der Waals surface area contributed by atoms with Gasteiger partial charge in [0.15, 0.2) is 0 Å². The molecule has 1 aliphatic rings. The summed E-state index contributed by atoms with van der Waals surface area (Å²) in [5, 5.41) is 9.18. The third kappa shape index (κ3) is 3.32. The van der Waals surface area contributed by atoms with E-state index in [-0.39, 0.29) is 17.9 Å². The number of pyridine rings is 1. The summed E-state index contributed by atoms with van der Waals surface area (Å²) in [5.41, 5.74) is -0.531. The second-order valence-corrected chi connectivity index (χ2v) is 5.66. The van der Waals surface area contributed by atoms with Crippen LogP contribution in [0, 0.1) is 0 Å². The molecule has 0 saturated heterocycles. The number of carbonyl (C=O) groups excluding carboxylic acids is 1. The summed E-state index contributed by atoms with van der Waals surface area (Å²) in [6, 6.07) is 2.76. The van der Waals surface area contributed by atoms with Gasteiger partial charge in [-0.15, -0.1) is 0 Å². The molecule has 0 unspecified atom stereocenters. The predicted octanol–water partition coefficient (Wildman–Crippen LogP) is 1.62.